The number of carbonyl (C=O) groups is 1. The van der Waals surface area contributed by atoms with E-state index in [1.54, 1.807) is 17.1 Å². The summed E-state index contributed by atoms with van der Waals surface area (Å²) in [6.07, 6.45) is 0.220. The summed E-state index contributed by atoms with van der Waals surface area (Å²) in [4.78, 5) is 15.8. The first-order valence-corrected chi connectivity index (χ1v) is 5.93. The summed E-state index contributed by atoms with van der Waals surface area (Å²) in [5.74, 6) is 0.550. The Morgan fingerprint density at radius 3 is 2.94 bits per heavy atom. The van der Waals surface area contributed by atoms with Gasteiger partial charge in [-0.25, -0.2) is 4.98 Å². The van der Waals surface area contributed by atoms with Gasteiger partial charge in [-0.1, -0.05) is 0 Å². The van der Waals surface area contributed by atoms with Crippen molar-refractivity contribution in [1.82, 2.24) is 14.8 Å². The summed E-state index contributed by atoms with van der Waals surface area (Å²) in [6, 6.07) is 1.81. The molecule has 0 saturated heterocycles. The zero-order chi connectivity index (χ0) is 12.4. The molecule has 0 spiro atoms. The fourth-order valence-electron chi connectivity index (χ4n) is 1.48. The molecule has 3 N–H and O–H groups in total. The van der Waals surface area contributed by atoms with E-state index in [0.717, 1.165) is 5.69 Å². The highest BCUT2D eigenvalue weighted by Gasteiger charge is 2.09. The number of rotatable bonds is 3. The molecule has 2 heterocycles. The lowest BCUT2D eigenvalue weighted by molar-refractivity contribution is -0.115. The van der Waals surface area contributed by atoms with Crippen LogP contribution in [0.5, 0.6) is 0 Å². The average Bonchev–Trinajstić information content (AvgIpc) is 2.74. The normalized spacial score (nSPS) is 10.5. The van der Waals surface area contributed by atoms with Gasteiger partial charge in [0, 0.05) is 18.5 Å². The van der Waals surface area contributed by atoms with Gasteiger partial charge < -0.3 is 11.1 Å². The van der Waals surface area contributed by atoms with Crippen LogP contribution < -0.4 is 11.1 Å². The Labute approximate surface area is 102 Å². The Morgan fingerprint density at radius 1 is 1.65 bits per heavy atom. The quantitative estimate of drug-likeness (QED) is 0.850. The number of nitrogens with two attached hydrogens (primary N) is 1. The van der Waals surface area contributed by atoms with E-state index in [-0.39, 0.29) is 12.3 Å². The van der Waals surface area contributed by atoms with Crippen molar-refractivity contribution in [2.75, 3.05) is 11.1 Å². The molecule has 0 fully saturated rings. The third kappa shape index (κ3) is 2.82. The first-order valence-electron chi connectivity index (χ1n) is 5.05. The molecule has 6 nitrogen and oxygen atoms in total. The number of hydrogen-bond donors (Lipinski definition) is 2. The number of nitrogen functional groups attached to an aromatic ring is 1. The SMILES string of the molecule is Cc1cc(NC(=O)Cc2csc(N)n2)n(C)n1. The lowest BCUT2D eigenvalue weighted by Gasteiger charge is -2.03. The van der Waals surface area contributed by atoms with Crippen molar-refractivity contribution < 1.29 is 4.79 Å². The monoisotopic (exact) mass is 251 g/mol. The van der Waals surface area contributed by atoms with Gasteiger partial charge >= 0.3 is 0 Å². The van der Waals surface area contributed by atoms with E-state index in [4.69, 9.17) is 5.73 Å². The Balaban J connectivity index is 2.00. The summed E-state index contributed by atoms with van der Waals surface area (Å²) in [5, 5.41) is 9.18. The van der Waals surface area contributed by atoms with Crippen LogP contribution in [0, 0.1) is 6.92 Å². The molecule has 17 heavy (non-hydrogen) atoms. The van der Waals surface area contributed by atoms with Crippen molar-refractivity contribution in [2.45, 2.75) is 13.3 Å². The first-order chi connectivity index (χ1) is 8.04. The minimum atomic E-state index is -0.127. The summed E-state index contributed by atoms with van der Waals surface area (Å²) >= 11 is 1.33. The van der Waals surface area contributed by atoms with Crippen molar-refractivity contribution in [3.63, 3.8) is 0 Å². The predicted molar refractivity (Wildman–Crippen MR) is 66.8 cm³/mol. The highest BCUT2D eigenvalue weighted by Crippen LogP contribution is 2.13. The largest absolute Gasteiger partial charge is 0.375 e. The standard InChI is InChI=1S/C10H13N5OS/c1-6-3-8(15(2)14-6)13-9(16)4-7-5-17-10(11)12-7/h3,5H,4H2,1-2H3,(H2,11,12)(H,13,16). The zero-order valence-electron chi connectivity index (χ0n) is 9.60. The van der Waals surface area contributed by atoms with E-state index >= 15 is 0 Å². The molecule has 0 aliphatic heterocycles. The number of thiazole rings is 1. The van der Waals surface area contributed by atoms with Crippen molar-refractivity contribution in [2.24, 2.45) is 7.05 Å². The van der Waals surface area contributed by atoms with E-state index in [0.29, 0.717) is 16.6 Å². The molecule has 2 rings (SSSR count). The van der Waals surface area contributed by atoms with Crippen molar-refractivity contribution in [3.8, 4) is 0 Å². The molecule has 7 heteroatoms. The topological polar surface area (TPSA) is 85.8 Å². The molecule has 0 saturated carbocycles. The number of nitrogens with one attached hydrogen (secondary N) is 1. The molecular weight excluding hydrogens is 238 g/mol. The van der Waals surface area contributed by atoms with Crippen molar-refractivity contribution in [3.05, 3.63) is 22.8 Å². The van der Waals surface area contributed by atoms with Gasteiger partial charge in [-0.2, -0.15) is 5.10 Å². The summed E-state index contributed by atoms with van der Waals surface area (Å²) < 4.78 is 1.63. The van der Waals surface area contributed by atoms with Crippen LogP contribution in [0.1, 0.15) is 11.4 Å². The van der Waals surface area contributed by atoms with Gasteiger partial charge in [-0.15, -0.1) is 11.3 Å². The molecule has 0 bridgehead atoms. The number of carbonyl (C=O) groups excluding carboxylic acids is 1. The average molecular weight is 251 g/mol. The van der Waals surface area contributed by atoms with E-state index in [2.05, 4.69) is 15.4 Å². The van der Waals surface area contributed by atoms with Gasteiger partial charge in [0.15, 0.2) is 5.13 Å². The molecule has 0 aromatic carbocycles. The van der Waals surface area contributed by atoms with Crippen LogP contribution >= 0.6 is 11.3 Å². The molecule has 0 unspecified atom stereocenters. The van der Waals surface area contributed by atoms with Crippen LogP contribution in [0.4, 0.5) is 10.9 Å². The molecule has 0 aliphatic rings. The third-order valence-corrected chi connectivity index (χ3v) is 2.90. The van der Waals surface area contributed by atoms with Crippen LogP contribution in [0.3, 0.4) is 0 Å². The highest BCUT2D eigenvalue weighted by molar-refractivity contribution is 7.13. The second-order valence-corrected chi connectivity index (χ2v) is 4.59. The number of hydrogen-bond acceptors (Lipinski definition) is 5. The molecule has 0 radical (unpaired) electrons. The Hall–Kier alpha value is -1.89. The molecule has 90 valence electrons. The predicted octanol–water partition coefficient (Wildman–Crippen LogP) is 0.948. The summed E-state index contributed by atoms with van der Waals surface area (Å²) in [5.41, 5.74) is 7.04. The molecule has 2 aromatic heterocycles. The third-order valence-electron chi connectivity index (χ3n) is 2.18. The zero-order valence-corrected chi connectivity index (χ0v) is 10.4. The molecule has 0 aliphatic carbocycles. The molecule has 2 aromatic rings. The van der Waals surface area contributed by atoms with Crippen LogP contribution in [0.2, 0.25) is 0 Å². The number of nitrogens with zero attached hydrogens (tertiary/aromatic N) is 3. The minimum Gasteiger partial charge on any atom is -0.375 e. The summed E-state index contributed by atoms with van der Waals surface area (Å²) in [7, 11) is 1.78. The fourth-order valence-corrected chi connectivity index (χ4v) is 2.05. The first kappa shape index (κ1) is 11.6. The molecule has 1 amide bonds. The Kier molecular flexibility index (Phi) is 3.10. The molecular formula is C10H13N5OS. The lowest BCUT2D eigenvalue weighted by Crippen LogP contribution is -2.16. The maximum absolute atomic E-state index is 11.7. The van der Waals surface area contributed by atoms with Crippen molar-refractivity contribution >= 4 is 28.2 Å². The van der Waals surface area contributed by atoms with E-state index in [1.807, 2.05) is 13.0 Å². The maximum Gasteiger partial charge on any atom is 0.231 e. The minimum absolute atomic E-state index is 0.127. The van der Waals surface area contributed by atoms with Gasteiger partial charge in [0.05, 0.1) is 17.8 Å². The second kappa shape index (κ2) is 4.54. The van der Waals surface area contributed by atoms with Crippen LogP contribution in [-0.4, -0.2) is 20.7 Å². The van der Waals surface area contributed by atoms with Crippen molar-refractivity contribution in [1.29, 1.82) is 0 Å². The highest BCUT2D eigenvalue weighted by atomic mass is 32.1. The van der Waals surface area contributed by atoms with E-state index < -0.39 is 0 Å². The van der Waals surface area contributed by atoms with Gasteiger partial charge in [0.1, 0.15) is 5.82 Å². The number of amides is 1. The summed E-state index contributed by atoms with van der Waals surface area (Å²) in [6.45, 7) is 1.87. The van der Waals surface area contributed by atoms with Gasteiger partial charge in [-0.3, -0.25) is 9.48 Å². The van der Waals surface area contributed by atoms with Gasteiger partial charge in [0.2, 0.25) is 5.91 Å². The smallest absolute Gasteiger partial charge is 0.231 e. The van der Waals surface area contributed by atoms with Gasteiger partial charge in [-0.05, 0) is 6.92 Å². The maximum atomic E-state index is 11.7. The van der Waals surface area contributed by atoms with Crippen LogP contribution in [0.25, 0.3) is 0 Å². The van der Waals surface area contributed by atoms with E-state index in [1.165, 1.54) is 11.3 Å². The second-order valence-electron chi connectivity index (χ2n) is 3.70. The van der Waals surface area contributed by atoms with Crippen LogP contribution in [0.15, 0.2) is 11.4 Å². The van der Waals surface area contributed by atoms with Gasteiger partial charge in [0.25, 0.3) is 0 Å². The fraction of sp³-hybridized carbons (Fsp3) is 0.300. The Morgan fingerprint density at radius 2 is 2.41 bits per heavy atom. The number of anilines is 2. The van der Waals surface area contributed by atoms with Crippen LogP contribution in [-0.2, 0) is 18.3 Å². The number of aryl methyl sites for hydroxylation is 2. The molecule has 0 atom stereocenters. The number of aromatic nitrogens is 3. The Bertz CT molecular complexity index is 545. The van der Waals surface area contributed by atoms with E-state index in [9.17, 15) is 4.79 Å². The lowest BCUT2D eigenvalue weighted by atomic mass is 10.3.